The summed E-state index contributed by atoms with van der Waals surface area (Å²) in [5.41, 5.74) is 2.22. The minimum absolute atomic E-state index is 0.00298. The van der Waals surface area contributed by atoms with E-state index in [1.807, 2.05) is 12.1 Å². The number of rotatable bonds is 6. The number of amides is 1. The summed E-state index contributed by atoms with van der Waals surface area (Å²) in [5.74, 6) is 1.22. The molecule has 0 spiro atoms. The Balaban J connectivity index is 1.41. The highest BCUT2D eigenvalue weighted by atomic mass is 19.3. The number of halogens is 2. The van der Waals surface area contributed by atoms with Gasteiger partial charge in [-0.25, -0.2) is 13.8 Å². The molecule has 0 saturated carbocycles. The molecule has 31 heavy (non-hydrogen) atoms. The third-order valence-electron chi connectivity index (χ3n) is 5.73. The number of carbonyl (C=O) groups is 1. The van der Waals surface area contributed by atoms with E-state index in [-0.39, 0.29) is 24.9 Å². The zero-order valence-corrected chi connectivity index (χ0v) is 17.6. The molecule has 0 N–H and O–H groups in total. The molecular weight excluding hydrogens is 404 g/mol. The Kier molecular flexibility index (Phi) is 6.22. The first kappa shape index (κ1) is 21.3. The van der Waals surface area contributed by atoms with Crippen molar-refractivity contribution in [2.75, 3.05) is 26.7 Å². The van der Waals surface area contributed by atoms with Crippen molar-refractivity contribution in [3.8, 4) is 11.3 Å². The molecule has 4 heterocycles. The van der Waals surface area contributed by atoms with Crippen molar-refractivity contribution in [2.45, 2.75) is 38.7 Å². The molecule has 1 aliphatic rings. The fourth-order valence-electron chi connectivity index (χ4n) is 3.99. The number of nitrogens with zero attached hydrogens (tertiary/aromatic N) is 5. The van der Waals surface area contributed by atoms with E-state index in [4.69, 9.17) is 4.42 Å². The fourth-order valence-corrected chi connectivity index (χ4v) is 3.99. The molecule has 1 aliphatic heterocycles. The molecule has 0 aliphatic carbocycles. The van der Waals surface area contributed by atoms with Crippen molar-refractivity contribution in [1.29, 1.82) is 0 Å². The quantitative estimate of drug-likeness (QED) is 0.598. The summed E-state index contributed by atoms with van der Waals surface area (Å²) in [7, 11) is 1.72. The van der Waals surface area contributed by atoms with Crippen molar-refractivity contribution in [2.24, 2.45) is 0 Å². The van der Waals surface area contributed by atoms with Crippen LogP contribution in [0.4, 0.5) is 8.78 Å². The normalized spacial score (nSPS) is 15.4. The van der Waals surface area contributed by atoms with Gasteiger partial charge in [-0.3, -0.25) is 19.7 Å². The second kappa shape index (κ2) is 9.05. The smallest absolute Gasteiger partial charge is 0.251 e. The number of pyridine rings is 2. The van der Waals surface area contributed by atoms with Crippen molar-refractivity contribution in [3.05, 3.63) is 42.3 Å². The van der Waals surface area contributed by atoms with Gasteiger partial charge in [-0.15, -0.1) is 0 Å². The lowest BCUT2D eigenvalue weighted by molar-refractivity contribution is -0.132. The fraction of sp³-hybridized carbons (Fsp3) is 0.455. The van der Waals surface area contributed by atoms with Gasteiger partial charge < -0.3 is 9.32 Å². The highest BCUT2D eigenvalue weighted by Gasteiger charge is 2.26. The van der Waals surface area contributed by atoms with Crippen LogP contribution >= 0.6 is 0 Å². The molecule has 0 unspecified atom stereocenters. The van der Waals surface area contributed by atoms with Crippen LogP contribution in [0.1, 0.15) is 24.4 Å². The summed E-state index contributed by atoms with van der Waals surface area (Å²) in [6, 6.07) is 3.90. The maximum absolute atomic E-state index is 12.8. The average molecular weight is 429 g/mol. The molecule has 0 aromatic carbocycles. The Hall–Kier alpha value is -2.94. The van der Waals surface area contributed by atoms with Gasteiger partial charge in [-0.1, -0.05) is 0 Å². The molecule has 0 bridgehead atoms. The Labute approximate surface area is 179 Å². The zero-order chi connectivity index (χ0) is 22.0. The van der Waals surface area contributed by atoms with E-state index >= 15 is 0 Å². The van der Waals surface area contributed by atoms with Crippen molar-refractivity contribution in [1.82, 2.24) is 24.8 Å². The first-order valence-electron chi connectivity index (χ1n) is 10.3. The van der Waals surface area contributed by atoms with E-state index < -0.39 is 6.43 Å². The molecule has 3 aromatic rings. The number of alkyl halides is 2. The Morgan fingerprint density at radius 2 is 1.97 bits per heavy atom. The molecule has 1 amide bonds. The average Bonchev–Trinajstić information content (AvgIpc) is 3.19. The van der Waals surface area contributed by atoms with Crippen LogP contribution in [0.3, 0.4) is 0 Å². The predicted octanol–water partition coefficient (Wildman–Crippen LogP) is 3.32. The molecule has 9 heteroatoms. The van der Waals surface area contributed by atoms with Crippen LogP contribution in [-0.4, -0.2) is 69.8 Å². The second-order valence-corrected chi connectivity index (χ2v) is 7.96. The summed E-state index contributed by atoms with van der Waals surface area (Å²) < 4.78 is 30.8. The minimum atomic E-state index is -2.34. The lowest BCUT2D eigenvalue weighted by Gasteiger charge is -2.36. The van der Waals surface area contributed by atoms with Crippen LogP contribution in [0.5, 0.6) is 0 Å². The van der Waals surface area contributed by atoms with Gasteiger partial charge in [0.1, 0.15) is 0 Å². The summed E-state index contributed by atoms with van der Waals surface area (Å²) in [6.07, 6.45) is 4.29. The number of carbonyl (C=O) groups excluding carboxylic acids is 1. The number of fused-ring (bicyclic) bond motifs is 1. The number of piperidine rings is 1. The van der Waals surface area contributed by atoms with Crippen LogP contribution in [0.25, 0.3) is 22.2 Å². The van der Waals surface area contributed by atoms with Crippen LogP contribution in [-0.2, 0) is 11.2 Å². The summed E-state index contributed by atoms with van der Waals surface area (Å²) in [4.78, 5) is 29.2. The topological polar surface area (TPSA) is 75.4 Å². The molecular formula is C22H25F2N5O2. The van der Waals surface area contributed by atoms with Gasteiger partial charge in [0, 0.05) is 43.2 Å². The van der Waals surface area contributed by atoms with E-state index in [0.717, 1.165) is 16.5 Å². The predicted molar refractivity (Wildman–Crippen MR) is 112 cm³/mol. The van der Waals surface area contributed by atoms with Crippen LogP contribution in [0, 0.1) is 6.92 Å². The van der Waals surface area contributed by atoms with E-state index in [1.54, 1.807) is 42.4 Å². The third-order valence-corrected chi connectivity index (χ3v) is 5.73. The minimum Gasteiger partial charge on any atom is -0.441 e. The van der Waals surface area contributed by atoms with Crippen LogP contribution in [0.15, 0.2) is 35.1 Å². The highest BCUT2D eigenvalue weighted by Crippen LogP contribution is 2.24. The SMILES string of the molecule is Cc1ncc(-c2cnc3cnc(CC(=O)N4CCC(N(C)CC(F)F)CC4)cc3c2)o1. The van der Waals surface area contributed by atoms with Gasteiger partial charge in [0.2, 0.25) is 5.91 Å². The standard InChI is InChI=1S/C22H25F2N5O2/c1-14-25-12-20(31-14)16-7-15-8-17(26-11-19(15)27-10-16)9-22(30)29-5-3-18(4-6-29)28(2)13-21(23)24/h7-8,10-12,18,21H,3-6,9,13H2,1-2H3. The van der Waals surface area contributed by atoms with Gasteiger partial charge in [-0.2, -0.15) is 0 Å². The first-order chi connectivity index (χ1) is 14.9. The molecule has 3 aromatic heterocycles. The first-order valence-corrected chi connectivity index (χ1v) is 10.3. The maximum Gasteiger partial charge on any atom is 0.251 e. The molecule has 1 fully saturated rings. The zero-order valence-electron chi connectivity index (χ0n) is 17.6. The van der Waals surface area contributed by atoms with E-state index in [0.29, 0.717) is 43.3 Å². The highest BCUT2D eigenvalue weighted by molar-refractivity contribution is 5.84. The molecule has 164 valence electrons. The number of likely N-dealkylation sites (tertiary alicyclic amines) is 1. The number of hydrogen-bond donors (Lipinski definition) is 0. The van der Waals surface area contributed by atoms with Gasteiger partial charge in [0.25, 0.3) is 6.43 Å². The summed E-state index contributed by atoms with van der Waals surface area (Å²) in [6.45, 7) is 2.69. The largest absolute Gasteiger partial charge is 0.441 e. The number of aromatic nitrogens is 3. The van der Waals surface area contributed by atoms with Gasteiger partial charge in [0.15, 0.2) is 11.7 Å². The van der Waals surface area contributed by atoms with E-state index in [1.165, 1.54) is 0 Å². The molecule has 0 radical (unpaired) electrons. The summed E-state index contributed by atoms with van der Waals surface area (Å²) in [5, 5.41) is 0.872. The Morgan fingerprint density at radius 1 is 1.19 bits per heavy atom. The van der Waals surface area contributed by atoms with Crippen molar-refractivity contribution < 1.29 is 18.0 Å². The molecule has 1 saturated heterocycles. The number of aryl methyl sites for hydroxylation is 1. The van der Waals surface area contributed by atoms with Gasteiger partial charge >= 0.3 is 0 Å². The third kappa shape index (κ3) is 5.04. The maximum atomic E-state index is 12.8. The van der Waals surface area contributed by atoms with Gasteiger partial charge in [0.05, 0.1) is 36.6 Å². The molecule has 4 rings (SSSR count). The van der Waals surface area contributed by atoms with Crippen LogP contribution < -0.4 is 0 Å². The monoisotopic (exact) mass is 429 g/mol. The lowest BCUT2D eigenvalue weighted by atomic mass is 10.0. The van der Waals surface area contributed by atoms with Crippen molar-refractivity contribution in [3.63, 3.8) is 0 Å². The lowest BCUT2D eigenvalue weighted by Crippen LogP contribution is -2.47. The number of oxazole rings is 1. The van der Waals surface area contributed by atoms with Crippen LogP contribution in [0.2, 0.25) is 0 Å². The number of hydrogen-bond acceptors (Lipinski definition) is 6. The van der Waals surface area contributed by atoms with Crippen molar-refractivity contribution >= 4 is 16.8 Å². The Morgan fingerprint density at radius 3 is 2.65 bits per heavy atom. The Bertz CT molecular complexity index is 1060. The summed E-state index contributed by atoms with van der Waals surface area (Å²) >= 11 is 0. The van der Waals surface area contributed by atoms with Gasteiger partial charge in [-0.05, 0) is 32.0 Å². The van der Waals surface area contributed by atoms with E-state index in [9.17, 15) is 13.6 Å². The molecule has 7 nitrogen and oxygen atoms in total. The second-order valence-electron chi connectivity index (χ2n) is 7.96. The van der Waals surface area contributed by atoms with E-state index in [2.05, 4.69) is 15.0 Å². The molecule has 0 atom stereocenters.